The summed E-state index contributed by atoms with van der Waals surface area (Å²) in [7, 11) is 1.67. The Kier molecular flexibility index (Phi) is 4.98. The lowest BCUT2D eigenvalue weighted by Gasteiger charge is -2.35. The Bertz CT molecular complexity index is 458. The Morgan fingerprint density at radius 3 is 2.70 bits per heavy atom. The van der Waals surface area contributed by atoms with Crippen molar-refractivity contribution in [2.75, 3.05) is 13.7 Å². The molecule has 2 nitrogen and oxygen atoms in total. The average Bonchev–Trinajstić information content (AvgIpc) is 2.76. The van der Waals surface area contributed by atoms with Crippen LogP contribution in [0.1, 0.15) is 51.6 Å². The van der Waals surface area contributed by atoms with E-state index in [0.29, 0.717) is 17.4 Å². The highest BCUT2D eigenvalue weighted by molar-refractivity contribution is 6.31. The maximum Gasteiger partial charge on any atom is 0.120 e. The van der Waals surface area contributed by atoms with E-state index < -0.39 is 0 Å². The Morgan fingerprint density at radius 2 is 2.20 bits per heavy atom. The van der Waals surface area contributed by atoms with E-state index in [1.165, 1.54) is 24.8 Å². The Morgan fingerprint density at radius 1 is 1.45 bits per heavy atom. The SMILES string of the molecule is CCNC(c1ccc(OC)cc1Cl)C1CCCC1(C)C. The summed E-state index contributed by atoms with van der Waals surface area (Å²) in [6.45, 7) is 7.88. The molecule has 1 aromatic carbocycles. The molecule has 2 unspecified atom stereocenters. The maximum absolute atomic E-state index is 6.49. The third-order valence-corrected chi connectivity index (χ3v) is 5.04. The first-order valence-electron chi connectivity index (χ1n) is 7.56. The smallest absolute Gasteiger partial charge is 0.120 e. The van der Waals surface area contributed by atoms with Crippen LogP contribution < -0.4 is 10.1 Å². The molecule has 3 heteroatoms. The number of benzene rings is 1. The van der Waals surface area contributed by atoms with Crippen LogP contribution in [0.3, 0.4) is 0 Å². The normalized spacial score (nSPS) is 22.8. The van der Waals surface area contributed by atoms with Gasteiger partial charge < -0.3 is 10.1 Å². The van der Waals surface area contributed by atoms with Crippen LogP contribution in [0.15, 0.2) is 18.2 Å². The van der Waals surface area contributed by atoms with Crippen LogP contribution in [-0.2, 0) is 0 Å². The highest BCUT2D eigenvalue weighted by atomic mass is 35.5. The Hall–Kier alpha value is -0.730. The van der Waals surface area contributed by atoms with Crippen LogP contribution in [0.4, 0.5) is 0 Å². The van der Waals surface area contributed by atoms with E-state index in [9.17, 15) is 0 Å². The summed E-state index contributed by atoms with van der Waals surface area (Å²) in [5.74, 6) is 1.45. The minimum Gasteiger partial charge on any atom is -0.497 e. The highest BCUT2D eigenvalue weighted by Crippen LogP contribution is 2.49. The molecule has 0 bridgehead atoms. The minimum atomic E-state index is 0.330. The van der Waals surface area contributed by atoms with Crippen LogP contribution in [0.25, 0.3) is 0 Å². The van der Waals surface area contributed by atoms with Crippen molar-refractivity contribution in [1.82, 2.24) is 5.32 Å². The van der Waals surface area contributed by atoms with Gasteiger partial charge in [-0.25, -0.2) is 0 Å². The number of methoxy groups -OCH3 is 1. The molecule has 20 heavy (non-hydrogen) atoms. The maximum atomic E-state index is 6.49. The van der Waals surface area contributed by atoms with E-state index in [1.807, 2.05) is 12.1 Å². The predicted octanol–water partition coefficient (Wildman–Crippen LogP) is 4.83. The summed E-state index contributed by atoms with van der Waals surface area (Å²) < 4.78 is 5.25. The molecule has 0 spiro atoms. The molecule has 0 aliphatic heterocycles. The summed E-state index contributed by atoms with van der Waals surface area (Å²) in [4.78, 5) is 0. The van der Waals surface area contributed by atoms with Crippen LogP contribution in [0.2, 0.25) is 5.02 Å². The average molecular weight is 296 g/mol. The quantitative estimate of drug-likeness (QED) is 0.840. The summed E-state index contributed by atoms with van der Waals surface area (Å²) in [6.07, 6.45) is 3.88. The van der Waals surface area contributed by atoms with Gasteiger partial charge in [0.1, 0.15) is 5.75 Å². The fourth-order valence-corrected chi connectivity index (χ4v) is 3.84. The van der Waals surface area contributed by atoms with E-state index in [1.54, 1.807) is 7.11 Å². The molecule has 1 N–H and O–H groups in total. The molecular formula is C17H26ClNO. The molecule has 0 amide bonds. The summed E-state index contributed by atoms with van der Waals surface area (Å²) in [5.41, 5.74) is 1.57. The lowest BCUT2D eigenvalue weighted by Crippen LogP contribution is -2.34. The third-order valence-electron chi connectivity index (χ3n) is 4.71. The monoisotopic (exact) mass is 295 g/mol. The Balaban J connectivity index is 2.33. The second kappa shape index (κ2) is 6.36. The fraction of sp³-hybridized carbons (Fsp3) is 0.647. The van der Waals surface area contributed by atoms with Gasteiger partial charge in [-0.2, -0.15) is 0 Å². The van der Waals surface area contributed by atoms with Gasteiger partial charge in [-0.15, -0.1) is 0 Å². The van der Waals surface area contributed by atoms with Crippen molar-refractivity contribution in [3.05, 3.63) is 28.8 Å². The molecule has 1 fully saturated rings. The van der Waals surface area contributed by atoms with E-state index >= 15 is 0 Å². The van der Waals surface area contributed by atoms with Gasteiger partial charge >= 0.3 is 0 Å². The lowest BCUT2D eigenvalue weighted by atomic mass is 9.75. The summed E-state index contributed by atoms with van der Waals surface area (Å²) in [5, 5.41) is 4.45. The van der Waals surface area contributed by atoms with Gasteiger partial charge in [-0.1, -0.05) is 44.9 Å². The van der Waals surface area contributed by atoms with Crippen molar-refractivity contribution >= 4 is 11.6 Å². The molecule has 2 rings (SSSR count). The molecule has 0 aromatic heterocycles. The zero-order chi connectivity index (χ0) is 14.8. The van der Waals surface area contributed by atoms with Crippen LogP contribution in [-0.4, -0.2) is 13.7 Å². The first-order valence-corrected chi connectivity index (χ1v) is 7.94. The first kappa shape index (κ1) is 15.7. The minimum absolute atomic E-state index is 0.330. The highest BCUT2D eigenvalue weighted by Gasteiger charge is 2.40. The van der Waals surface area contributed by atoms with Crippen LogP contribution in [0.5, 0.6) is 5.75 Å². The zero-order valence-corrected chi connectivity index (χ0v) is 13.8. The van der Waals surface area contributed by atoms with E-state index in [-0.39, 0.29) is 0 Å². The van der Waals surface area contributed by atoms with Gasteiger partial charge in [0.25, 0.3) is 0 Å². The second-order valence-electron chi connectivity index (χ2n) is 6.41. The fourth-order valence-electron chi connectivity index (χ4n) is 3.55. The molecular weight excluding hydrogens is 270 g/mol. The molecule has 0 heterocycles. The van der Waals surface area contributed by atoms with Crippen LogP contribution in [0, 0.1) is 11.3 Å². The van der Waals surface area contributed by atoms with E-state index in [2.05, 4.69) is 32.2 Å². The number of hydrogen-bond donors (Lipinski definition) is 1. The molecule has 1 aliphatic rings. The molecule has 0 radical (unpaired) electrons. The molecule has 112 valence electrons. The van der Waals surface area contributed by atoms with Crippen molar-refractivity contribution < 1.29 is 4.74 Å². The van der Waals surface area contributed by atoms with Crippen molar-refractivity contribution in [1.29, 1.82) is 0 Å². The topological polar surface area (TPSA) is 21.3 Å². The predicted molar refractivity (Wildman–Crippen MR) is 85.5 cm³/mol. The number of nitrogens with one attached hydrogen (secondary N) is 1. The molecule has 1 saturated carbocycles. The number of rotatable bonds is 5. The lowest BCUT2D eigenvalue weighted by molar-refractivity contribution is 0.199. The number of ether oxygens (including phenoxy) is 1. The summed E-state index contributed by atoms with van der Waals surface area (Å²) in [6, 6.07) is 6.37. The standard InChI is InChI=1S/C17H26ClNO/c1-5-19-16(14-7-6-10-17(14,2)3)13-9-8-12(20-4)11-15(13)18/h8-9,11,14,16,19H,5-7,10H2,1-4H3. The number of hydrogen-bond acceptors (Lipinski definition) is 2. The van der Waals surface area contributed by atoms with Crippen molar-refractivity contribution in [3.8, 4) is 5.75 Å². The van der Waals surface area contributed by atoms with Gasteiger partial charge in [0.05, 0.1) is 7.11 Å². The largest absolute Gasteiger partial charge is 0.497 e. The zero-order valence-electron chi connectivity index (χ0n) is 13.0. The van der Waals surface area contributed by atoms with Crippen molar-refractivity contribution in [2.24, 2.45) is 11.3 Å². The van der Waals surface area contributed by atoms with Gasteiger partial charge in [-0.3, -0.25) is 0 Å². The van der Waals surface area contributed by atoms with Gasteiger partial charge in [0.15, 0.2) is 0 Å². The van der Waals surface area contributed by atoms with E-state index in [4.69, 9.17) is 16.3 Å². The van der Waals surface area contributed by atoms with Crippen LogP contribution >= 0.6 is 11.6 Å². The Labute approximate surface area is 127 Å². The molecule has 0 saturated heterocycles. The first-order chi connectivity index (χ1) is 9.49. The second-order valence-corrected chi connectivity index (χ2v) is 6.82. The van der Waals surface area contributed by atoms with Gasteiger partial charge in [-0.05, 0) is 48.4 Å². The molecule has 1 aliphatic carbocycles. The van der Waals surface area contributed by atoms with Gasteiger partial charge in [0.2, 0.25) is 0 Å². The van der Waals surface area contributed by atoms with Crippen molar-refractivity contribution in [2.45, 2.75) is 46.1 Å². The van der Waals surface area contributed by atoms with Crippen molar-refractivity contribution in [3.63, 3.8) is 0 Å². The third kappa shape index (κ3) is 3.12. The molecule has 2 atom stereocenters. The number of halogens is 1. The van der Waals surface area contributed by atoms with Gasteiger partial charge in [0, 0.05) is 11.1 Å². The summed E-state index contributed by atoms with van der Waals surface area (Å²) >= 11 is 6.49. The molecule has 1 aromatic rings. The van der Waals surface area contributed by atoms with E-state index in [0.717, 1.165) is 17.3 Å².